The molecule has 1 saturated heterocycles. The van der Waals surface area contributed by atoms with Gasteiger partial charge < -0.3 is 20.1 Å². The van der Waals surface area contributed by atoms with Gasteiger partial charge in [-0.2, -0.15) is 0 Å². The third kappa shape index (κ3) is 5.35. The monoisotopic (exact) mass is 455 g/mol. The smallest absolute Gasteiger partial charge is 0.317 e. The van der Waals surface area contributed by atoms with Gasteiger partial charge in [0.15, 0.2) is 0 Å². The minimum Gasteiger partial charge on any atom is -0.351 e. The van der Waals surface area contributed by atoms with Gasteiger partial charge in [0.1, 0.15) is 10.8 Å². The minimum absolute atomic E-state index is 0.0551. The summed E-state index contributed by atoms with van der Waals surface area (Å²) in [4.78, 5) is 28.7. The molecule has 9 heteroatoms. The number of halogens is 1. The van der Waals surface area contributed by atoms with E-state index in [1.165, 1.54) is 12.1 Å². The summed E-state index contributed by atoms with van der Waals surface area (Å²) in [6.07, 6.45) is 3.99. The zero-order valence-electron chi connectivity index (χ0n) is 17.7. The molecule has 32 heavy (non-hydrogen) atoms. The van der Waals surface area contributed by atoms with E-state index < -0.39 is 11.7 Å². The van der Waals surface area contributed by atoms with Crippen LogP contribution >= 0.6 is 11.3 Å². The zero-order valence-corrected chi connectivity index (χ0v) is 18.5. The molecule has 3 heterocycles. The van der Waals surface area contributed by atoms with E-state index >= 15 is 0 Å². The number of benzene rings is 1. The summed E-state index contributed by atoms with van der Waals surface area (Å²) in [6.45, 7) is 4.29. The first-order valence-corrected chi connectivity index (χ1v) is 11.5. The normalized spacial score (nSPS) is 14.3. The predicted molar refractivity (Wildman–Crippen MR) is 123 cm³/mol. The fraction of sp³-hybridized carbons (Fsp3) is 0.304. The lowest BCUT2D eigenvalue weighted by Gasteiger charge is -2.34. The van der Waals surface area contributed by atoms with Gasteiger partial charge in [-0.05, 0) is 35.7 Å². The number of aromatic nitrogens is 1. The van der Waals surface area contributed by atoms with Crippen LogP contribution < -0.4 is 10.6 Å². The number of hydrogen-bond acceptors (Lipinski definition) is 4. The number of hydrogen-bond donors (Lipinski definition) is 2. The highest BCUT2D eigenvalue weighted by Crippen LogP contribution is 2.21. The summed E-state index contributed by atoms with van der Waals surface area (Å²) in [7, 11) is 0. The number of amides is 3. The molecule has 3 aromatic rings. The summed E-state index contributed by atoms with van der Waals surface area (Å²) in [5.41, 5.74) is 1.14. The predicted octanol–water partition coefficient (Wildman–Crippen LogP) is 2.94. The molecule has 1 fully saturated rings. The molecular weight excluding hydrogens is 429 g/mol. The van der Waals surface area contributed by atoms with E-state index in [-0.39, 0.29) is 11.6 Å². The van der Waals surface area contributed by atoms with Gasteiger partial charge in [-0.1, -0.05) is 12.1 Å². The summed E-state index contributed by atoms with van der Waals surface area (Å²) in [6, 6.07) is 11.9. The van der Waals surface area contributed by atoms with Gasteiger partial charge in [0.25, 0.3) is 5.91 Å². The lowest BCUT2D eigenvalue weighted by molar-refractivity contribution is 0.0938. The Bertz CT molecular complexity index is 1040. The van der Waals surface area contributed by atoms with E-state index in [0.717, 1.165) is 23.7 Å². The second kappa shape index (κ2) is 10.4. The molecule has 0 unspecified atom stereocenters. The molecule has 168 valence electrons. The zero-order chi connectivity index (χ0) is 22.3. The van der Waals surface area contributed by atoms with Crippen LogP contribution in [0.2, 0.25) is 0 Å². The SMILES string of the molecule is O=C(NCCN1CCN(C(=O)NCc2ccsc2-n2cccc2)CC1)c1ccccc1F. The minimum atomic E-state index is -0.521. The van der Waals surface area contributed by atoms with Crippen LogP contribution in [-0.2, 0) is 6.54 Å². The van der Waals surface area contributed by atoms with Gasteiger partial charge in [0.05, 0.1) is 5.56 Å². The Hall–Kier alpha value is -3.17. The van der Waals surface area contributed by atoms with Crippen molar-refractivity contribution >= 4 is 23.3 Å². The molecule has 1 aliphatic rings. The fourth-order valence-corrected chi connectivity index (χ4v) is 4.58. The van der Waals surface area contributed by atoms with Crippen LogP contribution in [0.5, 0.6) is 0 Å². The molecule has 0 aliphatic carbocycles. The Kier molecular flexibility index (Phi) is 7.18. The van der Waals surface area contributed by atoms with Crippen molar-refractivity contribution in [2.24, 2.45) is 0 Å². The van der Waals surface area contributed by atoms with Crippen LogP contribution in [0.4, 0.5) is 9.18 Å². The maximum atomic E-state index is 13.7. The molecule has 0 radical (unpaired) electrons. The first-order chi connectivity index (χ1) is 15.6. The van der Waals surface area contributed by atoms with Crippen molar-refractivity contribution in [1.29, 1.82) is 0 Å². The molecule has 2 aromatic heterocycles. The highest BCUT2D eigenvalue weighted by Gasteiger charge is 2.21. The number of thiophene rings is 1. The molecule has 1 aromatic carbocycles. The average Bonchev–Trinajstić information content (AvgIpc) is 3.50. The van der Waals surface area contributed by atoms with E-state index in [9.17, 15) is 14.0 Å². The Morgan fingerprint density at radius 3 is 2.47 bits per heavy atom. The highest BCUT2D eigenvalue weighted by atomic mass is 32.1. The highest BCUT2D eigenvalue weighted by molar-refractivity contribution is 7.12. The fourth-order valence-electron chi connectivity index (χ4n) is 3.68. The molecule has 0 bridgehead atoms. The lowest BCUT2D eigenvalue weighted by Crippen LogP contribution is -2.52. The van der Waals surface area contributed by atoms with Gasteiger partial charge in [0.2, 0.25) is 0 Å². The quantitative estimate of drug-likeness (QED) is 0.576. The van der Waals surface area contributed by atoms with Gasteiger partial charge in [-0.25, -0.2) is 9.18 Å². The molecule has 0 saturated carbocycles. The number of nitrogens with zero attached hydrogens (tertiary/aromatic N) is 3. The largest absolute Gasteiger partial charge is 0.351 e. The Labute approximate surface area is 190 Å². The van der Waals surface area contributed by atoms with Gasteiger partial charge in [0, 0.05) is 63.8 Å². The van der Waals surface area contributed by atoms with Crippen molar-refractivity contribution < 1.29 is 14.0 Å². The van der Waals surface area contributed by atoms with Crippen molar-refractivity contribution in [2.45, 2.75) is 6.54 Å². The Morgan fingerprint density at radius 1 is 0.969 bits per heavy atom. The van der Waals surface area contributed by atoms with Crippen molar-refractivity contribution in [3.63, 3.8) is 0 Å². The van der Waals surface area contributed by atoms with E-state index in [1.807, 2.05) is 40.9 Å². The van der Waals surface area contributed by atoms with E-state index in [1.54, 1.807) is 23.5 Å². The van der Waals surface area contributed by atoms with Crippen LogP contribution in [0.1, 0.15) is 15.9 Å². The van der Waals surface area contributed by atoms with Gasteiger partial charge in [-0.15, -0.1) is 11.3 Å². The lowest BCUT2D eigenvalue weighted by atomic mass is 10.2. The van der Waals surface area contributed by atoms with Crippen LogP contribution in [0, 0.1) is 5.82 Å². The third-order valence-corrected chi connectivity index (χ3v) is 6.45. The Balaban J connectivity index is 1.17. The number of nitrogens with one attached hydrogen (secondary N) is 2. The van der Waals surface area contributed by atoms with Crippen LogP contribution in [0.25, 0.3) is 5.00 Å². The maximum Gasteiger partial charge on any atom is 0.317 e. The van der Waals surface area contributed by atoms with Gasteiger partial charge in [-0.3, -0.25) is 9.69 Å². The van der Waals surface area contributed by atoms with Crippen molar-refractivity contribution in [1.82, 2.24) is 25.0 Å². The topological polar surface area (TPSA) is 69.6 Å². The number of carbonyl (C=O) groups is 2. The standard InChI is InChI=1S/C23H26FN5O2S/c24-20-6-2-1-5-19(20)21(30)25-8-11-27-12-14-29(15-13-27)23(31)26-17-18-7-16-32-22(18)28-9-3-4-10-28/h1-7,9-10,16H,8,11-15,17H2,(H,25,30)(H,26,31). The molecule has 1 aliphatic heterocycles. The summed E-state index contributed by atoms with van der Waals surface area (Å²) >= 11 is 1.64. The second-order valence-corrected chi connectivity index (χ2v) is 8.46. The first kappa shape index (κ1) is 22.0. The second-order valence-electron chi connectivity index (χ2n) is 7.56. The number of piperazine rings is 1. The third-order valence-electron chi connectivity index (χ3n) is 5.48. The van der Waals surface area contributed by atoms with Crippen molar-refractivity contribution in [3.8, 4) is 5.00 Å². The van der Waals surface area contributed by atoms with Crippen molar-refractivity contribution in [2.75, 3.05) is 39.3 Å². The van der Waals surface area contributed by atoms with Gasteiger partial charge >= 0.3 is 6.03 Å². The summed E-state index contributed by atoms with van der Waals surface area (Å²) in [5.74, 6) is -0.929. The number of rotatable bonds is 7. The molecule has 4 rings (SSSR count). The van der Waals surface area contributed by atoms with Crippen LogP contribution in [-0.4, -0.2) is 65.6 Å². The number of carbonyl (C=O) groups excluding carboxylic acids is 2. The van der Waals surface area contributed by atoms with Crippen molar-refractivity contribution in [3.05, 3.63) is 77.2 Å². The van der Waals surface area contributed by atoms with E-state index in [4.69, 9.17) is 0 Å². The molecule has 0 atom stereocenters. The molecule has 0 spiro atoms. The number of urea groups is 1. The molecule has 7 nitrogen and oxygen atoms in total. The van der Waals surface area contributed by atoms with E-state index in [2.05, 4.69) is 20.1 Å². The van der Waals surface area contributed by atoms with E-state index in [0.29, 0.717) is 32.7 Å². The summed E-state index contributed by atoms with van der Waals surface area (Å²) in [5, 5.41) is 8.92. The molecule has 2 N–H and O–H groups in total. The van der Waals surface area contributed by atoms with Crippen LogP contribution in [0.3, 0.4) is 0 Å². The molecule has 3 amide bonds. The van der Waals surface area contributed by atoms with Crippen LogP contribution in [0.15, 0.2) is 60.2 Å². The Morgan fingerprint density at radius 2 is 1.72 bits per heavy atom. The maximum absolute atomic E-state index is 13.7. The average molecular weight is 456 g/mol. The first-order valence-electron chi connectivity index (χ1n) is 10.6. The summed E-state index contributed by atoms with van der Waals surface area (Å²) < 4.78 is 15.7. The molecular formula is C23H26FN5O2S.